The highest BCUT2D eigenvalue weighted by Gasteiger charge is 2.25. The summed E-state index contributed by atoms with van der Waals surface area (Å²) in [5, 5.41) is 11.3. The predicted molar refractivity (Wildman–Crippen MR) is 116 cm³/mol. The van der Waals surface area contributed by atoms with Gasteiger partial charge in [-0.25, -0.2) is 0 Å². The van der Waals surface area contributed by atoms with E-state index in [0.29, 0.717) is 23.5 Å². The second kappa shape index (κ2) is 8.83. The number of amides is 2. The maximum Gasteiger partial charge on any atom is 0.274 e. The summed E-state index contributed by atoms with van der Waals surface area (Å²) in [5.74, 6) is -0.373. The van der Waals surface area contributed by atoms with Crippen molar-refractivity contribution < 1.29 is 9.59 Å². The third kappa shape index (κ3) is 4.46. The predicted octanol–water partition coefficient (Wildman–Crippen LogP) is 3.31. The lowest BCUT2D eigenvalue weighted by atomic mass is 10.1. The first-order valence-electron chi connectivity index (χ1n) is 9.91. The van der Waals surface area contributed by atoms with E-state index < -0.39 is 0 Å². The summed E-state index contributed by atoms with van der Waals surface area (Å²) in [6, 6.07) is 7.36. The summed E-state index contributed by atoms with van der Waals surface area (Å²) in [6.45, 7) is 2.03. The van der Waals surface area contributed by atoms with Crippen molar-refractivity contribution in [3.05, 3.63) is 64.1 Å². The Labute approximate surface area is 183 Å². The molecule has 156 valence electrons. The van der Waals surface area contributed by atoms with E-state index in [2.05, 4.69) is 31.4 Å². The number of carbonyl (C=O) groups excluding carboxylic acids is 2. The first-order valence-corrected chi connectivity index (χ1v) is 10.7. The van der Waals surface area contributed by atoms with E-state index in [1.165, 1.54) is 10.9 Å². The van der Waals surface area contributed by atoms with Gasteiger partial charge in [-0.1, -0.05) is 12.1 Å². The lowest BCUT2D eigenvalue weighted by Gasteiger charge is -2.27. The van der Waals surface area contributed by atoms with Crippen LogP contribution in [0, 0.1) is 0 Å². The van der Waals surface area contributed by atoms with Crippen molar-refractivity contribution in [3.8, 4) is 0 Å². The van der Waals surface area contributed by atoms with Gasteiger partial charge in [-0.05, 0) is 52.9 Å². The van der Waals surface area contributed by atoms with Gasteiger partial charge >= 0.3 is 0 Å². The topological polar surface area (TPSA) is 85.0 Å². The SMILES string of the molecule is Cn1ncc(NC(=O)c2cccc(Cn3cc(Br)cn3)c2)c1C(=O)N1CCCCC1. The highest BCUT2D eigenvalue weighted by molar-refractivity contribution is 9.10. The van der Waals surface area contributed by atoms with Gasteiger partial charge in [0.1, 0.15) is 5.69 Å². The number of halogens is 1. The molecule has 0 radical (unpaired) electrons. The van der Waals surface area contributed by atoms with E-state index in [0.717, 1.165) is 42.4 Å². The molecule has 0 bridgehead atoms. The Morgan fingerprint density at radius 3 is 2.67 bits per heavy atom. The fraction of sp³-hybridized carbons (Fsp3) is 0.333. The molecule has 3 aromatic rings. The molecule has 0 aliphatic carbocycles. The number of benzene rings is 1. The molecule has 0 atom stereocenters. The van der Waals surface area contributed by atoms with E-state index in [-0.39, 0.29) is 11.8 Å². The smallest absolute Gasteiger partial charge is 0.274 e. The molecule has 0 unspecified atom stereocenters. The molecule has 1 N–H and O–H groups in total. The van der Waals surface area contributed by atoms with Gasteiger partial charge in [-0.2, -0.15) is 10.2 Å². The largest absolute Gasteiger partial charge is 0.337 e. The number of anilines is 1. The molecule has 8 nitrogen and oxygen atoms in total. The fourth-order valence-electron chi connectivity index (χ4n) is 3.65. The Balaban J connectivity index is 1.50. The van der Waals surface area contributed by atoms with Crippen LogP contribution in [0.1, 0.15) is 45.7 Å². The van der Waals surface area contributed by atoms with Crippen LogP contribution in [0.5, 0.6) is 0 Å². The number of piperidine rings is 1. The molecule has 1 saturated heterocycles. The van der Waals surface area contributed by atoms with Crippen molar-refractivity contribution in [2.45, 2.75) is 25.8 Å². The highest BCUT2D eigenvalue weighted by atomic mass is 79.9. The van der Waals surface area contributed by atoms with Crippen LogP contribution in [-0.4, -0.2) is 49.4 Å². The molecular formula is C21H23BrN6O2. The molecule has 1 aromatic carbocycles. The first kappa shape index (κ1) is 20.3. The maximum absolute atomic E-state index is 13.0. The molecular weight excluding hydrogens is 448 g/mol. The van der Waals surface area contributed by atoms with Crippen molar-refractivity contribution in [2.24, 2.45) is 7.05 Å². The third-order valence-corrected chi connectivity index (χ3v) is 5.58. The molecule has 9 heteroatoms. The van der Waals surface area contributed by atoms with Gasteiger partial charge in [0, 0.05) is 31.9 Å². The third-order valence-electron chi connectivity index (χ3n) is 5.17. The van der Waals surface area contributed by atoms with Crippen molar-refractivity contribution >= 4 is 33.4 Å². The van der Waals surface area contributed by atoms with E-state index in [1.54, 1.807) is 24.0 Å². The summed E-state index contributed by atoms with van der Waals surface area (Å²) in [5.41, 5.74) is 2.30. The van der Waals surface area contributed by atoms with Gasteiger partial charge in [0.05, 0.1) is 29.1 Å². The van der Waals surface area contributed by atoms with E-state index >= 15 is 0 Å². The Kier molecular flexibility index (Phi) is 5.98. The highest BCUT2D eigenvalue weighted by Crippen LogP contribution is 2.20. The van der Waals surface area contributed by atoms with Crippen molar-refractivity contribution in [3.63, 3.8) is 0 Å². The average Bonchev–Trinajstić information content (AvgIpc) is 3.33. The van der Waals surface area contributed by atoms with Gasteiger partial charge in [-0.3, -0.25) is 19.0 Å². The molecule has 0 saturated carbocycles. The second-order valence-electron chi connectivity index (χ2n) is 7.39. The zero-order valence-corrected chi connectivity index (χ0v) is 18.3. The zero-order valence-electron chi connectivity index (χ0n) is 16.7. The first-order chi connectivity index (χ1) is 14.5. The number of carbonyl (C=O) groups is 2. The van der Waals surface area contributed by atoms with Crippen LogP contribution in [-0.2, 0) is 13.6 Å². The van der Waals surface area contributed by atoms with Gasteiger partial charge in [0.15, 0.2) is 0 Å². The van der Waals surface area contributed by atoms with Crippen LogP contribution in [0.25, 0.3) is 0 Å². The number of aromatic nitrogens is 4. The Bertz CT molecular complexity index is 1070. The van der Waals surface area contributed by atoms with Gasteiger partial charge in [-0.15, -0.1) is 0 Å². The molecule has 1 aliphatic heterocycles. The van der Waals surface area contributed by atoms with E-state index in [9.17, 15) is 9.59 Å². The Hall–Kier alpha value is -2.94. The lowest BCUT2D eigenvalue weighted by Crippen LogP contribution is -2.37. The van der Waals surface area contributed by atoms with Crippen LogP contribution in [0.2, 0.25) is 0 Å². The summed E-state index contributed by atoms with van der Waals surface area (Å²) < 4.78 is 4.22. The molecule has 1 fully saturated rings. The number of hydrogen-bond acceptors (Lipinski definition) is 4. The lowest BCUT2D eigenvalue weighted by molar-refractivity contribution is 0.0714. The quantitative estimate of drug-likeness (QED) is 0.619. The molecule has 2 aromatic heterocycles. The summed E-state index contributed by atoms with van der Waals surface area (Å²) in [4.78, 5) is 27.7. The standard InChI is InChI=1S/C21H23BrN6O2/c1-26-19(21(30)27-8-3-2-4-9-27)18(12-23-26)25-20(29)16-7-5-6-15(10-16)13-28-14-17(22)11-24-28/h5-7,10-12,14H,2-4,8-9,13H2,1H3,(H,25,29). The molecule has 1 aliphatic rings. The number of hydrogen-bond donors (Lipinski definition) is 1. The zero-order chi connectivity index (χ0) is 21.1. The number of aryl methyl sites for hydroxylation is 1. The van der Waals surface area contributed by atoms with Crippen LogP contribution >= 0.6 is 15.9 Å². The van der Waals surface area contributed by atoms with Crippen molar-refractivity contribution in [1.29, 1.82) is 0 Å². The Morgan fingerprint density at radius 2 is 1.93 bits per heavy atom. The van der Waals surface area contributed by atoms with Crippen molar-refractivity contribution in [2.75, 3.05) is 18.4 Å². The summed E-state index contributed by atoms with van der Waals surface area (Å²) in [7, 11) is 1.72. The monoisotopic (exact) mass is 470 g/mol. The number of rotatable bonds is 5. The fourth-order valence-corrected chi connectivity index (χ4v) is 3.97. The van der Waals surface area contributed by atoms with E-state index in [4.69, 9.17) is 0 Å². The van der Waals surface area contributed by atoms with Crippen LogP contribution in [0.4, 0.5) is 5.69 Å². The minimum atomic E-state index is -0.279. The molecule has 30 heavy (non-hydrogen) atoms. The number of nitrogens with zero attached hydrogens (tertiary/aromatic N) is 5. The summed E-state index contributed by atoms with van der Waals surface area (Å²) in [6.07, 6.45) is 8.28. The minimum absolute atomic E-state index is 0.0944. The van der Waals surface area contributed by atoms with Gasteiger partial charge in [0.25, 0.3) is 11.8 Å². The van der Waals surface area contributed by atoms with E-state index in [1.807, 2.05) is 29.3 Å². The maximum atomic E-state index is 13.0. The van der Waals surface area contributed by atoms with Crippen LogP contribution < -0.4 is 5.32 Å². The van der Waals surface area contributed by atoms with Crippen LogP contribution in [0.3, 0.4) is 0 Å². The Morgan fingerprint density at radius 1 is 1.13 bits per heavy atom. The molecule has 0 spiro atoms. The minimum Gasteiger partial charge on any atom is -0.337 e. The van der Waals surface area contributed by atoms with Gasteiger partial charge in [0.2, 0.25) is 0 Å². The number of nitrogens with one attached hydrogen (secondary N) is 1. The molecule has 2 amide bonds. The van der Waals surface area contributed by atoms with Crippen LogP contribution in [0.15, 0.2) is 47.3 Å². The van der Waals surface area contributed by atoms with Crippen molar-refractivity contribution in [1.82, 2.24) is 24.5 Å². The average molecular weight is 471 g/mol. The number of likely N-dealkylation sites (tertiary alicyclic amines) is 1. The second-order valence-corrected chi connectivity index (χ2v) is 8.31. The molecule has 3 heterocycles. The molecule has 4 rings (SSSR count). The van der Waals surface area contributed by atoms with Gasteiger partial charge < -0.3 is 10.2 Å². The normalized spacial score (nSPS) is 14.0. The summed E-state index contributed by atoms with van der Waals surface area (Å²) >= 11 is 3.38.